The lowest BCUT2D eigenvalue weighted by Crippen LogP contribution is -2.34. The number of benzene rings is 2. The molecule has 0 spiro atoms. The van der Waals surface area contributed by atoms with E-state index < -0.39 is 11.9 Å². The van der Waals surface area contributed by atoms with Gasteiger partial charge in [-0.2, -0.15) is 0 Å². The summed E-state index contributed by atoms with van der Waals surface area (Å²) in [6, 6.07) is 15.2. The van der Waals surface area contributed by atoms with Crippen LogP contribution in [0.3, 0.4) is 0 Å². The Morgan fingerprint density at radius 3 is 2.32 bits per heavy atom. The maximum absolute atomic E-state index is 12.2. The lowest BCUT2D eigenvalue weighted by Gasteiger charge is -2.09. The molecule has 0 aliphatic rings. The van der Waals surface area contributed by atoms with E-state index in [1.807, 2.05) is 24.3 Å². The van der Waals surface area contributed by atoms with Gasteiger partial charge in [0.1, 0.15) is 5.03 Å². The molecule has 1 aromatic heterocycles. The molecule has 0 aliphatic carbocycles. The third-order valence-corrected chi connectivity index (χ3v) is 6.07. The molecule has 1 heterocycles. The molecule has 5 nitrogen and oxygen atoms in total. The molecule has 0 saturated carbocycles. The second kappa shape index (κ2) is 9.43. The fourth-order valence-electron chi connectivity index (χ4n) is 2.20. The quantitative estimate of drug-likeness (QED) is 0.446. The summed E-state index contributed by atoms with van der Waals surface area (Å²) in [5.41, 5.74) is 0.478. The van der Waals surface area contributed by atoms with E-state index >= 15 is 0 Å². The van der Waals surface area contributed by atoms with Crippen molar-refractivity contribution < 1.29 is 9.59 Å². The van der Waals surface area contributed by atoms with E-state index in [1.165, 1.54) is 30.1 Å². The molecule has 142 valence electrons. The van der Waals surface area contributed by atoms with Crippen LogP contribution < -0.4 is 10.6 Å². The predicted octanol–water partition coefficient (Wildman–Crippen LogP) is 6.26. The summed E-state index contributed by atoms with van der Waals surface area (Å²) in [7, 11) is 0. The fourth-order valence-corrected chi connectivity index (χ4v) is 4.07. The number of anilines is 1. The third kappa shape index (κ3) is 5.26. The molecule has 3 amide bonds. The summed E-state index contributed by atoms with van der Waals surface area (Å²) in [4.78, 5) is 29.6. The summed E-state index contributed by atoms with van der Waals surface area (Å²) in [6.07, 6.45) is 1.51. The van der Waals surface area contributed by atoms with Crippen molar-refractivity contribution in [2.75, 3.05) is 5.32 Å². The molecule has 0 fully saturated rings. The first-order valence-electron chi connectivity index (χ1n) is 7.89. The van der Waals surface area contributed by atoms with E-state index in [0.29, 0.717) is 5.69 Å². The summed E-state index contributed by atoms with van der Waals surface area (Å²) >= 11 is 16.9. The Bertz CT molecular complexity index is 1010. The predicted molar refractivity (Wildman–Crippen MR) is 115 cm³/mol. The molecule has 2 N–H and O–H groups in total. The molecule has 0 aliphatic heterocycles. The monoisotopic (exact) mass is 495 g/mol. The normalized spacial score (nSPS) is 10.4. The van der Waals surface area contributed by atoms with Crippen molar-refractivity contribution in [3.63, 3.8) is 0 Å². The van der Waals surface area contributed by atoms with Crippen LogP contribution in [0.1, 0.15) is 10.4 Å². The smallest absolute Gasteiger partial charge is 0.306 e. The fraction of sp³-hybridized carbons (Fsp3) is 0. The maximum Gasteiger partial charge on any atom is 0.326 e. The van der Waals surface area contributed by atoms with Gasteiger partial charge in [0, 0.05) is 9.37 Å². The average molecular weight is 497 g/mol. The minimum Gasteiger partial charge on any atom is -0.306 e. The van der Waals surface area contributed by atoms with Crippen LogP contribution in [0.4, 0.5) is 10.5 Å². The Kier molecular flexibility index (Phi) is 6.96. The number of halogens is 3. The zero-order chi connectivity index (χ0) is 20.1. The van der Waals surface area contributed by atoms with Gasteiger partial charge < -0.3 is 5.32 Å². The summed E-state index contributed by atoms with van der Waals surface area (Å²) in [5.74, 6) is -0.692. The highest BCUT2D eigenvalue weighted by Gasteiger charge is 2.17. The Morgan fingerprint density at radius 1 is 0.964 bits per heavy atom. The van der Waals surface area contributed by atoms with Crippen molar-refractivity contribution in [2.24, 2.45) is 0 Å². The minimum atomic E-state index is -0.714. The van der Waals surface area contributed by atoms with Gasteiger partial charge in [0.05, 0.1) is 27.5 Å². The van der Waals surface area contributed by atoms with Crippen molar-refractivity contribution in [3.05, 3.63) is 80.9 Å². The molecule has 2 aromatic carbocycles. The standard InChI is InChI=1S/C19H12BrCl2N3O2S/c20-12-4-1-2-7-15(12)28-16-9-8-11(10-23-16)24-19(27)25-18(26)17-13(21)5-3-6-14(17)22/h1-10H,(H2,24,25,26,27). The van der Waals surface area contributed by atoms with Gasteiger partial charge in [-0.05, 0) is 52.3 Å². The Balaban J connectivity index is 1.61. The number of rotatable bonds is 4. The Hall–Kier alpha value is -2.06. The van der Waals surface area contributed by atoms with Gasteiger partial charge in [-0.1, -0.05) is 53.2 Å². The van der Waals surface area contributed by atoms with Gasteiger partial charge in [0.15, 0.2) is 0 Å². The molecule has 9 heteroatoms. The molecule has 0 radical (unpaired) electrons. The summed E-state index contributed by atoms with van der Waals surface area (Å²) in [6.45, 7) is 0. The van der Waals surface area contributed by atoms with Gasteiger partial charge in [0.2, 0.25) is 0 Å². The lowest BCUT2D eigenvalue weighted by atomic mass is 10.2. The molecule has 0 atom stereocenters. The van der Waals surface area contributed by atoms with Gasteiger partial charge >= 0.3 is 6.03 Å². The minimum absolute atomic E-state index is 0.0410. The number of nitrogens with one attached hydrogen (secondary N) is 2. The van der Waals surface area contributed by atoms with Crippen LogP contribution in [0.2, 0.25) is 10.0 Å². The molecule has 0 saturated heterocycles. The number of carbonyl (C=O) groups excluding carboxylic acids is 2. The maximum atomic E-state index is 12.2. The topological polar surface area (TPSA) is 71.1 Å². The zero-order valence-electron chi connectivity index (χ0n) is 14.1. The second-order valence-electron chi connectivity index (χ2n) is 5.42. The zero-order valence-corrected chi connectivity index (χ0v) is 18.0. The van der Waals surface area contributed by atoms with Gasteiger partial charge in [-0.25, -0.2) is 9.78 Å². The number of carbonyl (C=O) groups is 2. The van der Waals surface area contributed by atoms with Crippen molar-refractivity contribution in [2.45, 2.75) is 9.92 Å². The second-order valence-corrected chi connectivity index (χ2v) is 8.15. The van der Waals surface area contributed by atoms with Crippen LogP contribution in [-0.2, 0) is 0 Å². The van der Waals surface area contributed by atoms with E-state index in [-0.39, 0.29) is 15.6 Å². The van der Waals surface area contributed by atoms with E-state index in [1.54, 1.807) is 18.2 Å². The third-order valence-electron chi connectivity index (χ3n) is 3.46. The van der Waals surface area contributed by atoms with Crippen LogP contribution in [0, 0.1) is 0 Å². The SMILES string of the molecule is O=C(NC(=O)c1c(Cl)cccc1Cl)Nc1ccc(Sc2ccccc2Br)nc1. The van der Waals surface area contributed by atoms with Gasteiger partial charge in [-0.15, -0.1) is 0 Å². The van der Waals surface area contributed by atoms with Crippen LogP contribution in [0.15, 0.2) is 75.2 Å². The van der Waals surface area contributed by atoms with Crippen molar-refractivity contribution in [1.82, 2.24) is 10.3 Å². The first-order chi connectivity index (χ1) is 13.4. The van der Waals surface area contributed by atoms with E-state index in [2.05, 4.69) is 31.5 Å². The van der Waals surface area contributed by atoms with E-state index in [9.17, 15) is 9.59 Å². The number of pyridine rings is 1. The molecule has 3 aromatic rings. The lowest BCUT2D eigenvalue weighted by molar-refractivity contribution is 0.0967. The molecule has 3 rings (SSSR count). The van der Waals surface area contributed by atoms with Crippen LogP contribution in [-0.4, -0.2) is 16.9 Å². The highest BCUT2D eigenvalue weighted by molar-refractivity contribution is 9.10. The summed E-state index contributed by atoms with van der Waals surface area (Å²) in [5, 5.41) is 5.82. The first kappa shape index (κ1) is 20.7. The van der Waals surface area contributed by atoms with Crippen molar-refractivity contribution in [3.8, 4) is 0 Å². The Labute approximate surface area is 184 Å². The number of hydrogen-bond acceptors (Lipinski definition) is 4. The molecular weight excluding hydrogens is 485 g/mol. The van der Waals surface area contributed by atoms with Crippen LogP contribution in [0.5, 0.6) is 0 Å². The van der Waals surface area contributed by atoms with Crippen molar-refractivity contribution in [1.29, 1.82) is 0 Å². The number of amides is 3. The molecule has 28 heavy (non-hydrogen) atoms. The van der Waals surface area contributed by atoms with Crippen LogP contribution in [0.25, 0.3) is 0 Å². The number of nitrogens with zero attached hydrogens (tertiary/aromatic N) is 1. The molecule has 0 bridgehead atoms. The van der Waals surface area contributed by atoms with Gasteiger partial charge in [0.25, 0.3) is 5.91 Å². The highest BCUT2D eigenvalue weighted by Crippen LogP contribution is 2.32. The number of imide groups is 1. The van der Waals surface area contributed by atoms with E-state index in [0.717, 1.165) is 14.4 Å². The summed E-state index contributed by atoms with van der Waals surface area (Å²) < 4.78 is 0.972. The van der Waals surface area contributed by atoms with Gasteiger partial charge in [-0.3, -0.25) is 10.1 Å². The van der Waals surface area contributed by atoms with Crippen LogP contribution >= 0.6 is 50.9 Å². The number of hydrogen-bond donors (Lipinski definition) is 2. The van der Waals surface area contributed by atoms with Crippen molar-refractivity contribution >= 4 is 68.5 Å². The molecule has 0 unspecified atom stereocenters. The molecular formula is C19H12BrCl2N3O2S. The first-order valence-corrected chi connectivity index (χ1v) is 10.3. The van der Waals surface area contributed by atoms with E-state index in [4.69, 9.17) is 23.2 Å². The average Bonchev–Trinajstić information content (AvgIpc) is 2.65. The number of urea groups is 1. The highest BCUT2D eigenvalue weighted by atomic mass is 79.9. The Morgan fingerprint density at radius 2 is 1.68 bits per heavy atom. The number of aromatic nitrogens is 1. The largest absolute Gasteiger partial charge is 0.326 e.